The lowest BCUT2D eigenvalue weighted by molar-refractivity contribution is 0.0380. The van der Waals surface area contributed by atoms with Crippen molar-refractivity contribution in [3.8, 4) is 16.9 Å². The fraction of sp³-hybridized carbons (Fsp3) is 0.0952. The van der Waals surface area contributed by atoms with Gasteiger partial charge in [-0.05, 0) is 23.3 Å². The molecule has 25 heavy (non-hydrogen) atoms. The van der Waals surface area contributed by atoms with Crippen molar-refractivity contribution in [1.29, 1.82) is 0 Å². The van der Waals surface area contributed by atoms with Crippen LogP contribution in [0, 0.1) is 5.82 Å². The van der Waals surface area contributed by atoms with Gasteiger partial charge in [-0.2, -0.15) is 0 Å². The molecule has 3 aromatic rings. The predicted octanol–water partition coefficient (Wildman–Crippen LogP) is 4.76. The lowest BCUT2D eigenvalue weighted by Crippen LogP contribution is -2.12. The van der Waals surface area contributed by atoms with E-state index in [1.165, 1.54) is 25.3 Å². The molecule has 0 bridgehead atoms. The molecule has 0 amide bonds. The quantitative estimate of drug-likeness (QED) is 0.648. The van der Waals surface area contributed by atoms with Gasteiger partial charge in [0.25, 0.3) is 0 Å². The number of halogens is 1. The van der Waals surface area contributed by atoms with Crippen molar-refractivity contribution in [2.24, 2.45) is 0 Å². The molecule has 0 heterocycles. The molecule has 0 saturated carbocycles. The number of esters is 1. The van der Waals surface area contributed by atoms with Crippen LogP contribution in [-0.2, 0) is 4.74 Å². The summed E-state index contributed by atoms with van der Waals surface area (Å²) >= 11 is 0. The van der Waals surface area contributed by atoms with Crippen LogP contribution in [0.25, 0.3) is 11.1 Å². The van der Waals surface area contributed by atoms with Gasteiger partial charge in [-0.15, -0.1) is 0 Å². The minimum absolute atomic E-state index is 0.109. The molecule has 0 spiro atoms. The van der Waals surface area contributed by atoms with E-state index in [2.05, 4.69) is 0 Å². The summed E-state index contributed by atoms with van der Waals surface area (Å²) in [7, 11) is 1.44. The standard InChI is InChI=1S/C21H15FO3/c1-24-13-10-11-18(19(22)12-13)21(23)25-20-16-8-4-2-6-14(16)15-7-3-5-9-17(15)20/h2-12,20H,1H3. The molecule has 1 aliphatic rings. The first kappa shape index (κ1) is 15.4. The molecule has 0 aromatic heterocycles. The van der Waals surface area contributed by atoms with E-state index in [1.54, 1.807) is 0 Å². The van der Waals surface area contributed by atoms with E-state index in [1.807, 2.05) is 48.5 Å². The Morgan fingerprint density at radius 2 is 1.52 bits per heavy atom. The Morgan fingerprint density at radius 1 is 0.920 bits per heavy atom. The van der Waals surface area contributed by atoms with E-state index in [9.17, 15) is 9.18 Å². The third kappa shape index (κ3) is 2.56. The van der Waals surface area contributed by atoms with Crippen LogP contribution in [0.3, 0.4) is 0 Å². The van der Waals surface area contributed by atoms with E-state index in [4.69, 9.17) is 9.47 Å². The normalized spacial score (nSPS) is 12.4. The number of rotatable bonds is 3. The van der Waals surface area contributed by atoms with Crippen molar-refractivity contribution < 1.29 is 18.7 Å². The Bertz CT molecular complexity index is 919. The molecule has 4 heteroatoms. The topological polar surface area (TPSA) is 35.5 Å². The van der Waals surface area contributed by atoms with Gasteiger partial charge in [0.2, 0.25) is 0 Å². The molecular formula is C21H15FO3. The number of ether oxygens (including phenoxy) is 2. The zero-order valence-electron chi connectivity index (χ0n) is 13.5. The molecule has 0 saturated heterocycles. The maximum absolute atomic E-state index is 14.2. The molecule has 0 fully saturated rings. The highest BCUT2D eigenvalue weighted by Crippen LogP contribution is 2.45. The summed E-state index contributed by atoms with van der Waals surface area (Å²) in [6.07, 6.45) is -0.540. The summed E-state index contributed by atoms with van der Waals surface area (Å²) in [4.78, 5) is 12.5. The van der Waals surface area contributed by atoms with Crippen molar-refractivity contribution in [3.63, 3.8) is 0 Å². The molecule has 0 unspecified atom stereocenters. The van der Waals surface area contributed by atoms with Crippen LogP contribution < -0.4 is 4.74 Å². The van der Waals surface area contributed by atoms with Crippen LogP contribution in [0.2, 0.25) is 0 Å². The molecule has 0 radical (unpaired) electrons. The molecular weight excluding hydrogens is 319 g/mol. The highest BCUT2D eigenvalue weighted by atomic mass is 19.1. The first-order valence-corrected chi connectivity index (χ1v) is 7.92. The van der Waals surface area contributed by atoms with Crippen LogP contribution in [0.5, 0.6) is 5.75 Å². The molecule has 0 atom stereocenters. The first-order chi connectivity index (χ1) is 12.2. The zero-order chi connectivity index (χ0) is 17.4. The van der Waals surface area contributed by atoms with Crippen LogP contribution in [0.1, 0.15) is 27.6 Å². The summed E-state index contributed by atoms with van der Waals surface area (Å²) < 4.78 is 24.8. The summed E-state index contributed by atoms with van der Waals surface area (Å²) in [5.74, 6) is -1.01. The molecule has 1 aliphatic carbocycles. The minimum atomic E-state index is -0.698. The van der Waals surface area contributed by atoms with E-state index in [-0.39, 0.29) is 5.56 Å². The van der Waals surface area contributed by atoms with Gasteiger partial charge in [0.1, 0.15) is 11.6 Å². The van der Waals surface area contributed by atoms with Gasteiger partial charge in [-0.3, -0.25) is 0 Å². The second-order valence-corrected chi connectivity index (χ2v) is 5.81. The van der Waals surface area contributed by atoms with E-state index >= 15 is 0 Å². The van der Waals surface area contributed by atoms with Gasteiger partial charge >= 0.3 is 5.97 Å². The summed E-state index contributed by atoms with van der Waals surface area (Å²) in [6, 6.07) is 19.6. The van der Waals surface area contributed by atoms with E-state index in [0.29, 0.717) is 5.75 Å². The second kappa shape index (κ2) is 6.06. The molecule has 3 nitrogen and oxygen atoms in total. The van der Waals surface area contributed by atoms with Crippen LogP contribution in [0.15, 0.2) is 66.7 Å². The van der Waals surface area contributed by atoms with Crippen molar-refractivity contribution >= 4 is 5.97 Å². The SMILES string of the molecule is COc1ccc(C(=O)OC2c3ccccc3-c3ccccc32)c(F)c1. The van der Waals surface area contributed by atoms with Crippen LogP contribution in [-0.4, -0.2) is 13.1 Å². The lowest BCUT2D eigenvalue weighted by atomic mass is 10.1. The van der Waals surface area contributed by atoms with Gasteiger partial charge in [-0.25, -0.2) is 9.18 Å². The van der Waals surface area contributed by atoms with E-state index < -0.39 is 17.9 Å². The zero-order valence-corrected chi connectivity index (χ0v) is 13.5. The smallest absolute Gasteiger partial charge is 0.342 e. The predicted molar refractivity (Wildman–Crippen MR) is 92.1 cm³/mol. The minimum Gasteiger partial charge on any atom is -0.497 e. The van der Waals surface area contributed by atoms with Gasteiger partial charge in [0.05, 0.1) is 12.7 Å². The summed E-state index contributed by atoms with van der Waals surface area (Å²) in [5, 5.41) is 0. The number of hydrogen-bond donors (Lipinski definition) is 0. The molecule has 0 N–H and O–H groups in total. The number of fused-ring (bicyclic) bond motifs is 3. The Kier molecular flexibility index (Phi) is 3.73. The number of benzene rings is 3. The number of carbonyl (C=O) groups is 1. The van der Waals surface area contributed by atoms with Gasteiger partial charge < -0.3 is 9.47 Å². The van der Waals surface area contributed by atoms with Crippen molar-refractivity contribution in [3.05, 3.63) is 89.2 Å². The Balaban J connectivity index is 1.70. The van der Waals surface area contributed by atoms with Crippen molar-refractivity contribution in [1.82, 2.24) is 0 Å². The van der Waals surface area contributed by atoms with Crippen LogP contribution >= 0.6 is 0 Å². The molecule has 3 aromatic carbocycles. The largest absolute Gasteiger partial charge is 0.497 e. The Labute approximate surface area is 144 Å². The fourth-order valence-electron chi connectivity index (χ4n) is 3.20. The maximum Gasteiger partial charge on any atom is 0.342 e. The van der Waals surface area contributed by atoms with Crippen LogP contribution in [0.4, 0.5) is 4.39 Å². The van der Waals surface area contributed by atoms with Crippen molar-refractivity contribution in [2.75, 3.05) is 7.11 Å². The fourth-order valence-corrected chi connectivity index (χ4v) is 3.20. The average molecular weight is 334 g/mol. The maximum atomic E-state index is 14.2. The highest BCUT2D eigenvalue weighted by Gasteiger charge is 2.31. The van der Waals surface area contributed by atoms with Crippen molar-refractivity contribution in [2.45, 2.75) is 6.10 Å². The summed E-state index contributed by atoms with van der Waals surface area (Å²) in [5.41, 5.74) is 3.77. The molecule has 0 aliphatic heterocycles. The molecule has 4 rings (SSSR count). The third-order valence-electron chi connectivity index (χ3n) is 4.40. The monoisotopic (exact) mass is 334 g/mol. The number of methoxy groups -OCH3 is 1. The Morgan fingerprint density at radius 3 is 2.08 bits per heavy atom. The number of carbonyl (C=O) groups excluding carboxylic acids is 1. The van der Waals surface area contributed by atoms with Gasteiger partial charge in [0, 0.05) is 17.2 Å². The highest BCUT2D eigenvalue weighted by molar-refractivity contribution is 5.91. The molecule has 124 valence electrons. The first-order valence-electron chi connectivity index (χ1n) is 7.92. The second-order valence-electron chi connectivity index (χ2n) is 5.81. The van der Waals surface area contributed by atoms with E-state index in [0.717, 1.165) is 22.3 Å². The Hall–Kier alpha value is -3.14. The third-order valence-corrected chi connectivity index (χ3v) is 4.40. The average Bonchev–Trinajstić information content (AvgIpc) is 2.96. The van der Waals surface area contributed by atoms with Gasteiger partial charge in [0.15, 0.2) is 6.10 Å². The lowest BCUT2D eigenvalue weighted by Gasteiger charge is -2.15. The summed E-state index contributed by atoms with van der Waals surface area (Å²) in [6.45, 7) is 0. The number of hydrogen-bond acceptors (Lipinski definition) is 3. The van der Waals surface area contributed by atoms with Gasteiger partial charge in [-0.1, -0.05) is 48.5 Å².